The van der Waals surface area contributed by atoms with E-state index in [-0.39, 0.29) is 0 Å². The fraction of sp³-hybridized carbons (Fsp3) is 0.625. The van der Waals surface area contributed by atoms with Crippen LogP contribution in [0, 0.1) is 0 Å². The minimum atomic E-state index is 0.359. The van der Waals surface area contributed by atoms with Crippen molar-refractivity contribution in [2.45, 2.75) is 44.8 Å². The second-order valence-corrected chi connectivity index (χ2v) is 5.15. The van der Waals surface area contributed by atoms with Crippen LogP contribution in [0.15, 0.2) is 24.3 Å². The summed E-state index contributed by atoms with van der Waals surface area (Å²) in [5.41, 5.74) is 1.29. The third-order valence-corrected chi connectivity index (χ3v) is 3.66. The fourth-order valence-corrected chi connectivity index (χ4v) is 2.61. The van der Waals surface area contributed by atoms with Crippen molar-refractivity contribution < 1.29 is 9.47 Å². The van der Waals surface area contributed by atoms with Crippen LogP contribution in [0.25, 0.3) is 0 Å². The molecule has 2 rings (SSSR count). The Labute approximate surface area is 116 Å². The summed E-state index contributed by atoms with van der Waals surface area (Å²) in [6.07, 6.45) is 4.98. The van der Waals surface area contributed by atoms with E-state index in [1.54, 1.807) is 7.11 Å². The summed E-state index contributed by atoms with van der Waals surface area (Å²) >= 11 is 0. The average molecular weight is 263 g/mol. The molecule has 3 heteroatoms. The van der Waals surface area contributed by atoms with Crippen molar-refractivity contribution in [3.05, 3.63) is 29.8 Å². The van der Waals surface area contributed by atoms with Crippen LogP contribution in [-0.4, -0.2) is 26.4 Å². The van der Waals surface area contributed by atoms with E-state index in [4.69, 9.17) is 9.47 Å². The Morgan fingerprint density at radius 3 is 3.05 bits per heavy atom. The highest BCUT2D eigenvalue weighted by Gasteiger charge is 2.21. The van der Waals surface area contributed by atoms with Crippen LogP contribution in [0.4, 0.5) is 0 Å². The predicted octanol–water partition coefficient (Wildman–Crippen LogP) is 3.31. The molecule has 1 aromatic carbocycles. The predicted molar refractivity (Wildman–Crippen MR) is 77.6 cm³/mol. The second kappa shape index (κ2) is 7.51. The number of rotatable bonds is 7. The van der Waals surface area contributed by atoms with E-state index in [0.717, 1.165) is 31.7 Å². The summed E-state index contributed by atoms with van der Waals surface area (Å²) in [4.78, 5) is 0. The first-order valence-electron chi connectivity index (χ1n) is 7.32. The first kappa shape index (κ1) is 14.4. The largest absolute Gasteiger partial charge is 0.497 e. The van der Waals surface area contributed by atoms with Gasteiger partial charge in [0, 0.05) is 12.6 Å². The monoisotopic (exact) mass is 263 g/mol. The topological polar surface area (TPSA) is 30.5 Å². The molecule has 1 aliphatic rings. The average Bonchev–Trinajstić information content (AvgIpc) is 2.96. The molecule has 1 fully saturated rings. The van der Waals surface area contributed by atoms with E-state index in [0.29, 0.717) is 12.1 Å². The molecule has 1 heterocycles. The minimum Gasteiger partial charge on any atom is -0.497 e. The fourth-order valence-electron chi connectivity index (χ4n) is 2.61. The number of ether oxygens (including phenoxy) is 2. The maximum absolute atomic E-state index is 5.77. The molecule has 1 aliphatic heterocycles. The van der Waals surface area contributed by atoms with Crippen molar-refractivity contribution in [3.8, 4) is 5.75 Å². The second-order valence-electron chi connectivity index (χ2n) is 5.15. The molecular weight excluding hydrogens is 238 g/mol. The van der Waals surface area contributed by atoms with Crippen LogP contribution in [-0.2, 0) is 4.74 Å². The van der Waals surface area contributed by atoms with Crippen LogP contribution < -0.4 is 10.1 Å². The molecule has 1 N–H and O–H groups in total. The molecular formula is C16H25NO2. The molecule has 2 atom stereocenters. The Bertz CT molecular complexity index is 375. The smallest absolute Gasteiger partial charge is 0.119 e. The summed E-state index contributed by atoms with van der Waals surface area (Å²) in [6, 6.07) is 8.71. The molecule has 1 saturated heterocycles. The lowest BCUT2D eigenvalue weighted by Crippen LogP contribution is -2.26. The highest BCUT2D eigenvalue weighted by Crippen LogP contribution is 2.27. The van der Waals surface area contributed by atoms with Gasteiger partial charge in [-0.3, -0.25) is 0 Å². The Kier molecular flexibility index (Phi) is 5.67. The molecule has 106 valence electrons. The Balaban J connectivity index is 2.05. The Morgan fingerprint density at radius 2 is 2.37 bits per heavy atom. The quantitative estimate of drug-likeness (QED) is 0.818. The van der Waals surface area contributed by atoms with Gasteiger partial charge in [0.05, 0.1) is 13.2 Å². The van der Waals surface area contributed by atoms with Crippen LogP contribution >= 0.6 is 0 Å². The number of benzene rings is 1. The van der Waals surface area contributed by atoms with Gasteiger partial charge in [-0.2, -0.15) is 0 Å². The first-order chi connectivity index (χ1) is 9.33. The number of hydrogen-bond acceptors (Lipinski definition) is 3. The molecule has 19 heavy (non-hydrogen) atoms. The SMILES string of the molecule is CCCNC(CC1CCCO1)c1cccc(OC)c1. The molecule has 3 nitrogen and oxygen atoms in total. The van der Waals surface area contributed by atoms with Gasteiger partial charge in [0.2, 0.25) is 0 Å². The standard InChI is InChI=1S/C16H25NO2/c1-3-9-17-16(12-15-8-5-10-19-15)13-6-4-7-14(11-13)18-2/h4,6-7,11,15-17H,3,5,8-10,12H2,1-2H3. The maximum atomic E-state index is 5.77. The van der Waals surface area contributed by atoms with Crippen molar-refractivity contribution in [2.24, 2.45) is 0 Å². The zero-order valence-corrected chi connectivity index (χ0v) is 12.0. The first-order valence-corrected chi connectivity index (χ1v) is 7.32. The molecule has 0 radical (unpaired) electrons. The number of hydrogen-bond donors (Lipinski definition) is 1. The lowest BCUT2D eigenvalue weighted by molar-refractivity contribution is 0.0945. The molecule has 0 aliphatic carbocycles. The maximum Gasteiger partial charge on any atom is 0.119 e. The summed E-state index contributed by atoms with van der Waals surface area (Å²) in [5, 5.41) is 3.63. The lowest BCUT2D eigenvalue weighted by atomic mass is 9.99. The number of nitrogens with one attached hydrogen (secondary N) is 1. The van der Waals surface area contributed by atoms with Gasteiger partial charge >= 0.3 is 0 Å². The van der Waals surface area contributed by atoms with E-state index in [2.05, 4.69) is 30.4 Å². The van der Waals surface area contributed by atoms with Crippen LogP contribution in [0.3, 0.4) is 0 Å². The molecule has 0 amide bonds. The normalized spacial score (nSPS) is 20.4. The molecule has 0 saturated carbocycles. The van der Waals surface area contributed by atoms with Crippen molar-refractivity contribution in [2.75, 3.05) is 20.3 Å². The Hall–Kier alpha value is -1.06. The molecule has 2 unspecified atom stereocenters. The number of methoxy groups -OCH3 is 1. The lowest BCUT2D eigenvalue weighted by Gasteiger charge is -2.22. The van der Waals surface area contributed by atoms with Crippen LogP contribution in [0.5, 0.6) is 5.75 Å². The summed E-state index contributed by atoms with van der Waals surface area (Å²) < 4.78 is 11.1. The van der Waals surface area contributed by atoms with Gasteiger partial charge < -0.3 is 14.8 Å². The van der Waals surface area contributed by atoms with Gasteiger partial charge in [-0.15, -0.1) is 0 Å². The van der Waals surface area contributed by atoms with Gasteiger partial charge in [0.25, 0.3) is 0 Å². The Morgan fingerprint density at radius 1 is 1.47 bits per heavy atom. The third-order valence-electron chi connectivity index (χ3n) is 3.66. The summed E-state index contributed by atoms with van der Waals surface area (Å²) in [7, 11) is 1.72. The minimum absolute atomic E-state index is 0.359. The highest BCUT2D eigenvalue weighted by atomic mass is 16.5. The van der Waals surface area contributed by atoms with Gasteiger partial charge in [0.15, 0.2) is 0 Å². The summed E-state index contributed by atoms with van der Waals surface area (Å²) in [5.74, 6) is 0.924. The van der Waals surface area contributed by atoms with Crippen LogP contribution in [0.1, 0.15) is 44.2 Å². The van der Waals surface area contributed by atoms with Gasteiger partial charge in [-0.1, -0.05) is 19.1 Å². The third kappa shape index (κ3) is 4.22. The summed E-state index contributed by atoms with van der Waals surface area (Å²) in [6.45, 7) is 4.15. The van der Waals surface area contributed by atoms with Crippen molar-refractivity contribution in [1.29, 1.82) is 0 Å². The van der Waals surface area contributed by atoms with Crippen molar-refractivity contribution in [3.63, 3.8) is 0 Å². The molecule has 0 spiro atoms. The van der Waals surface area contributed by atoms with E-state index in [1.165, 1.54) is 18.4 Å². The molecule has 0 bridgehead atoms. The molecule has 1 aromatic rings. The van der Waals surface area contributed by atoms with Crippen LogP contribution in [0.2, 0.25) is 0 Å². The van der Waals surface area contributed by atoms with E-state index in [9.17, 15) is 0 Å². The van der Waals surface area contributed by atoms with E-state index < -0.39 is 0 Å². The zero-order valence-electron chi connectivity index (χ0n) is 12.0. The van der Waals surface area contributed by atoms with Gasteiger partial charge in [0.1, 0.15) is 5.75 Å². The van der Waals surface area contributed by atoms with Crippen molar-refractivity contribution in [1.82, 2.24) is 5.32 Å². The van der Waals surface area contributed by atoms with Gasteiger partial charge in [-0.05, 0) is 49.9 Å². The van der Waals surface area contributed by atoms with E-state index in [1.807, 2.05) is 6.07 Å². The molecule has 0 aromatic heterocycles. The van der Waals surface area contributed by atoms with Gasteiger partial charge in [-0.25, -0.2) is 0 Å². The van der Waals surface area contributed by atoms with Crippen molar-refractivity contribution >= 4 is 0 Å². The zero-order chi connectivity index (χ0) is 13.5. The van der Waals surface area contributed by atoms with E-state index >= 15 is 0 Å². The highest BCUT2D eigenvalue weighted by molar-refractivity contribution is 5.30.